The van der Waals surface area contributed by atoms with Crippen LogP contribution in [0.5, 0.6) is 0 Å². The van der Waals surface area contributed by atoms with E-state index in [1.807, 2.05) is 6.08 Å². The minimum Gasteiger partial charge on any atom is -0.380 e. The normalized spacial score (nSPS) is 36.2. The first-order chi connectivity index (χ1) is 5.33. The predicted molar refractivity (Wildman–Crippen MR) is 39.8 cm³/mol. The standard InChI is InChI=1S/C8H11NO2/c10-7-8(2-1-4-9-7)3-5-11-6-8/h1,4H,2-3,5-6H2,(H,9,10). The number of carbonyl (C=O) groups excluding carboxylic acids is 1. The fourth-order valence-corrected chi connectivity index (χ4v) is 1.61. The van der Waals surface area contributed by atoms with Crippen LogP contribution in [0.25, 0.3) is 0 Å². The van der Waals surface area contributed by atoms with Crippen molar-refractivity contribution < 1.29 is 9.53 Å². The Bertz CT molecular complexity index is 204. The Labute approximate surface area is 65.4 Å². The van der Waals surface area contributed by atoms with Gasteiger partial charge in [0.2, 0.25) is 5.91 Å². The van der Waals surface area contributed by atoms with Gasteiger partial charge in [0.15, 0.2) is 0 Å². The summed E-state index contributed by atoms with van der Waals surface area (Å²) in [6.07, 6.45) is 5.41. The molecule has 3 heteroatoms. The highest BCUT2D eigenvalue weighted by atomic mass is 16.5. The predicted octanol–water partition coefficient (Wildman–Crippen LogP) is 0.427. The van der Waals surface area contributed by atoms with E-state index in [-0.39, 0.29) is 11.3 Å². The molecule has 0 aromatic carbocycles. The second kappa shape index (κ2) is 2.34. The van der Waals surface area contributed by atoms with E-state index in [0.717, 1.165) is 19.4 Å². The molecule has 1 amide bonds. The summed E-state index contributed by atoms with van der Waals surface area (Å²) in [5.74, 6) is 0.123. The summed E-state index contributed by atoms with van der Waals surface area (Å²) >= 11 is 0. The van der Waals surface area contributed by atoms with Crippen LogP contribution in [0.3, 0.4) is 0 Å². The number of ether oxygens (including phenoxy) is 1. The first-order valence-electron chi connectivity index (χ1n) is 3.87. The van der Waals surface area contributed by atoms with Crippen LogP contribution in [0, 0.1) is 5.41 Å². The second-order valence-electron chi connectivity index (χ2n) is 3.16. The number of allylic oxidation sites excluding steroid dienone is 1. The topological polar surface area (TPSA) is 38.3 Å². The van der Waals surface area contributed by atoms with Crippen LogP contribution >= 0.6 is 0 Å². The molecule has 1 saturated heterocycles. The van der Waals surface area contributed by atoms with Crippen LogP contribution in [-0.2, 0) is 9.53 Å². The van der Waals surface area contributed by atoms with Gasteiger partial charge in [-0.3, -0.25) is 4.79 Å². The van der Waals surface area contributed by atoms with Crippen molar-refractivity contribution in [1.29, 1.82) is 0 Å². The molecule has 1 N–H and O–H groups in total. The van der Waals surface area contributed by atoms with E-state index in [0.29, 0.717) is 6.61 Å². The van der Waals surface area contributed by atoms with E-state index < -0.39 is 0 Å². The van der Waals surface area contributed by atoms with Gasteiger partial charge < -0.3 is 10.1 Å². The molecule has 1 unspecified atom stereocenters. The zero-order valence-electron chi connectivity index (χ0n) is 6.30. The minimum atomic E-state index is -0.227. The van der Waals surface area contributed by atoms with E-state index >= 15 is 0 Å². The first-order valence-corrected chi connectivity index (χ1v) is 3.87. The van der Waals surface area contributed by atoms with Crippen molar-refractivity contribution in [2.24, 2.45) is 5.41 Å². The summed E-state index contributed by atoms with van der Waals surface area (Å²) in [5.41, 5.74) is -0.227. The van der Waals surface area contributed by atoms with Crippen molar-refractivity contribution in [2.45, 2.75) is 12.8 Å². The molecule has 0 bridgehead atoms. The number of rotatable bonds is 0. The molecule has 11 heavy (non-hydrogen) atoms. The lowest BCUT2D eigenvalue weighted by molar-refractivity contribution is -0.130. The Morgan fingerprint density at radius 3 is 3.18 bits per heavy atom. The average molecular weight is 153 g/mol. The van der Waals surface area contributed by atoms with Gasteiger partial charge in [-0.25, -0.2) is 0 Å². The highest BCUT2D eigenvalue weighted by Gasteiger charge is 2.42. The number of nitrogens with one attached hydrogen (secondary N) is 1. The molecule has 0 aromatic heterocycles. The molecule has 0 radical (unpaired) electrons. The molecule has 0 aromatic rings. The fourth-order valence-electron chi connectivity index (χ4n) is 1.61. The summed E-state index contributed by atoms with van der Waals surface area (Å²) in [6, 6.07) is 0. The molecule has 0 saturated carbocycles. The van der Waals surface area contributed by atoms with Crippen molar-refractivity contribution >= 4 is 5.91 Å². The number of hydrogen-bond acceptors (Lipinski definition) is 2. The van der Waals surface area contributed by atoms with Crippen molar-refractivity contribution in [3.05, 3.63) is 12.3 Å². The zero-order chi connectivity index (χ0) is 7.73. The lowest BCUT2D eigenvalue weighted by atomic mass is 9.81. The van der Waals surface area contributed by atoms with Gasteiger partial charge in [-0.05, 0) is 19.0 Å². The SMILES string of the molecule is O=C1NC=CCC12CCOC2. The molecule has 1 fully saturated rings. The first kappa shape index (κ1) is 6.85. The Balaban J connectivity index is 2.22. The minimum absolute atomic E-state index is 0.123. The van der Waals surface area contributed by atoms with Crippen LogP contribution in [-0.4, -0.2) is 19.1 Å². The Hall–Kier alpha value is -0.830. The summed E-state index contributed by atoms with van der Waals surface area (Å²) in [4.78, 5) is 11.4. The quantitative estimate of drug-likeness (QED) is 0.548. The lowest BCUT2D eigenvalue weighted by Gasteiger charge is -2.26. The molecular formula is C8H11NO2. The molecule has 2 rings (SSSR count). The van der Waals surface area contributed by atoms with E-state index in [1.165, 1.54) is 0 Å². The Kier molecular flexibility index (Phi) is 1.46. The van der Waals surface area contributed by atoms with Crippen LogP contribution in [0.4, 0.5) is 0 Å². The van der Waals surface area contributed by atoms with Gasteiger partial charge in [0, 0.05) is 6.61 Å². The highest BCUT2D eigenvalue weighted by Crippen LogP contribution is 2.34. The van der Waals surface area contributed by atoms with Crippen LogP contribution < -0.4 is 5.32 Å². The largest absolute Gasteiger partial charge is 0.380 e. The van der Waals surface area contributed by atoms with Crippen LogP contribution in [0.15, 0.2) is 12.3 Å². The Morgan fingerprint density at radius 2 is 2.55 bits per heavy atom. The summed E-state index contributed by atoms with van der Waals surface area (Å²) in [5, 5.41) is 2.72. The van der Waals surface area contributed by atoms with E-state index in [9.17, 15) is 4.79 Å². The van der Waals surface area contributed by atoms with Gasteiger partial charge in [-0.1, -0.05) is 6.08 Å². The summed E-state index contributed by atoms with van der Waals surface area (Å²) < 4.78 is 5.21. The van der Waals surface area contributed by atoms with Crippen LogP contribution in [0.2, 0.25) is 0 Å². The molecule has 2 heterocycles. The smallest absolute Gasteiger partial charge is 0.232 e. The van der Waals surface area contributed by atoms with E-state index in [4.69, 9.17) is 4.74 Å². The zero-order valence-corrected chi connectivity index (χ0v) is 6.30. The molecule has 3 nitrogen and oxygen atoms in total. The third-order valence-electron chi connectivity index (χ3n) is 2.43. The van der Waals surface area contributed by atoms with Gasteiger partial charge >= 0.3 is 0 Å². The van der Waals surface area contributed by atoms with Crippen LogP contribution in [0.1, 0.15) is 12.8 Å². The molecule has 1 spiro atoms. The highest BCUT2D eigenvalue weighted by molar-refractivity contribution is 5.85. The maximum atomic E-state index is 11.4. The average Bonchev–Trinajstić information content (AvgIpc) is 2.46. The van der Waals surface area contributed by atoms with Gasteiger partial charge in [0.1, 0.15) is 0 Å². The van der Waals surface area contributed by atoms with Crippen molar-refractivity contribution in [1.82, 2.24) is 5.32 Å². The summed E-state index contributed by atoms with van der Waals surface area (Å²) in [7, 11) is 0. The third-order valence-corrected chi connectivity index (χ3v) is 2.43. The number of hydrogen-bond donors (Lipinski definition) is 1. The molecule has 2 aliphatic heterocycles. The lowest BCUT2D eigenvalue weighted by Crippen LogP contribution is -2.41. The van der Waals surface area contributed by atoms with Crippen molar-refractivity contribution in [2.75, 3.05) is 13.2 Å². The molecule has 2 aliphatic rings. The molecular weight excluding hydrogens is 142 g/mol. The summed E-state index contributed by atoms with van der Waals surface area (Å²) in [6.45, 7) is 1.31. The number of carbonyl (C=O) groups is 1. The van der Waals surface area contributed by atoms with Crippen molar-refractivity contribution in [3.8, 4) is 0 Å². The maximum Gasteiger partial charge on any atom is 0.232 e. The molecule has 1 atom stereocenters. The van der Waals surface area contributed by atoms with E-state index in [2.05, 4.69) is 5.32 Å². The fraction of sp³-hybridized carbons (Fsp3) is 0.625. The third kappa shape index (κ3) is 0.959. The molecule has 0 aliphatic carbocycles. The van der Waals surface area contributed by atoms with Gasteiger partial charge in [0.25, 0.3) is 0 Å². The van der Waals surface area contributed by atoms with Crippen molar-refractivity contribution in [3.63, 3.8) is 0 Å². The maximum absolute atomic E-state index is 11.4. The van der Waals surface area contributed by atoms with Gasteiger partial charge in [-0.15, -0.1) is 0 Å². The van der Waals surface area contributed by atoms with Gasteiger partial charge in [-0.2, -0.15) is 0 Å². The van der Waals surface area contributed by atoms with E-state index in [1.54, 1.807) is 6.20 Å². The number of amides is 1. The second-order valence-corrected chi connectivity index (χ2v) is 3.16. The molecule has 60 valence electrons. The van der Waals surface area contributed by atoms with Gasteiger partial charge in [0.05, 0.1) is 12.0 Å². The Morgan fingerprint density at radius 1 is 1.64 bits per heavy atom. The monoisotopic (exact) mass is 153 g/mol.